The van der Waals surface area contributed by atoms with Gasteiger partial charge < -0.3 is 15.0 Å². The molecule has 0 bridgehead atoms. The smallest absolute Gasteiger partial charge is 0.151 e. The van der Waals surface area contributed by atoms with Crippen molar-refractivity contribution in [3.8, 4) is 16.5 Å². The number of methoxy groups -OCH3 is 1. The molecule has 0 saturated heterocycles. The van der Waals surface area contributed by atoms with Gasteiger partial charge in [-0.05, 0) is 24.6 Å². The van der Waals surface area contributed by atoms with Crippen molar-refractivity contribution in [2.75, 3.05) is 7.11 Å². The second-order valence-electron chi connectivity index (χ2n) is 4.56. The van der Waals surface area contributed by atoms with Crippen molar-refractivity contribution in [2.45, 2.75) is 20.0 Å². The van der Waals surface area contributed by atoms with Crippen LogP contribution >= 0.6 is 11.3 Å². The summed E-state index contributed by atoms with van der Waals surface area (Å²) in [7, 11) is 1.68. The summed E-state index contributed by atoms with van der Waals surface area (Å²) in [6.45, 7) is 3.55. The van der Waals surface area contributed by atoms with Gasteiger partial charge in [0.05, 0.1) is 23.0 Å². The number of aryl methyl sites for hydroxylation is 1. The fourth-order valence-corrected chi connectivity index (χ4v) is 3.21. The number of nitrogens with two attached hydrogens (primary N) is 1. The average Bonchev–Trinajstić information content (AvgIpc) is 3.09. The van der Waals surface area contributed by atoms with E-state index in [-0.39, 0.29) is 0 Å². The molecule has 2 aromatic heterocycles. The second-order valence-corrected chi connectivity index (χ2v) is 5.47. The third-order valence-corrected chi connectivity index (χ3v) is 4.30. The molecule has 4 nitrogen and oxygen atoms in total. The van der Waals surface area contributed by atoms with Crippen molar-refractivity contribution in [1.29, 1.82) is 0 Å². The van der Waals surface area contributed by atoms with Crippen molar-refractivity contribution in [2.24, 2.45) is 5.73 Å². The Morgan fingerprint density at radius 1 is 1.35 bits per heavy atom. The second kappa shape index (κ2) is 5.26. The summed E-state index contributed by atoms with van der Waals surface area (Å²) in [6, 6.07) is 8.26. The minimum Gasteiger partial charge on any atom is -0.496 e. The van der Waals surface area contributed by atoms with Gasteiger partial charge in [-0.2, -0.15) is 0 Å². The monoisotopic (exact) mass is 287 g/mol. The highest BCUT2D eigenvalue weighted by atomic mass is 32.1. The number of hydrogen-bond acceptors (Lipinski definition) is 4. The Morgan fingerprint density at radius 3 is 2.85 bits per heavy atom. The Kier molecular flexibility index (Phi) is 3.46. The van der Waals surface area contributed by atoms with Crippen LogP contribution in [0.15, 0.2) is 29.6 Å². The van der Waals surface area contributed by atoms with Gasteiger partial charge in [0.1, 0.15) is 5.75 Å². The van der Waals surface area contributed by atoms with E-state index in [1.165, 1.54) is 0 Å². The molecular formula is C15H17N3OS. The maximum absolute atomic E-state index is 5.70. The molecule has 0 radical (unpaired) electrons. The molecule has 0 aliphatic rings. The molecule has 3 aromatic rings. The molecule has 0 amide bonds. The van der Waals surface area contributed by atoms with Gasteiger partial charge in [0.2, 0.25) is 0 Å². The summed E-state index contributed by atoms with van der Waals surface area (Å²) in [5.41, 5.74) is 8.95. The third-order valence-electron chi connectivity index (χ3n) is 3.40. The van der Waals surface area contributed by atoms with E-state index in [0.29, 0.717) is 6.54 Å². The van der Waals surface area contributed by atoms with Gasteiger partial charge in [0, 0.05) is 24.5 Å². The zero-order valence-electron chi connectivity index (χ0n) is 11.6. The maximum Gasteiger partial charge on any atom is 0.151 e. The van der Waals surface area contributed by atoms with Crippen LogP contribution in [0.4, 0.5) is 0 Å². The number of imidazole rings is 1. The Balaban J connectivity index is 2.18. The molecule has 0 unspecified atom stereocenters. The maximum atomic E-state index is 5.70. The van der Waals surface area contributed by atoms with E-state index in [2.05, 4.69) is 29.7 Å². The first-order valence-electron chi connectivity index (χ1n) is 6.59. The van der Waals surface area contributed by atoms with Crippen molar-refractivity contribution >= 4 is 22.4 Å². The highest BCUT2D eigenvalue weighted by molar-refractivity contribution is 7.13. The molecule has 1 aromatic carbocycles. The van der Waals surface area contributed by atoms with Crippen molar-refractivity contribution in [3.05, 3.63) is 35.2 Å². The van der Waals surface area contributed by atoms with Crippen molar-refractivity contribution in [1.82, 2.24) is 9.55 Å². The number of aromatic nitrogens is 2. The predicted molar refractivity (Wildman–Crippen MR) is 83.2 cm³/mol. The summed E-state index contributed by atoms with van der Waals surface area (Å²) in [6.07, 6.45) is 0. The molecular weight excluding hydrogens is 270 g/mol. The lowest BCUT2D eigenvalue weighted by Crippen LogP contribution is -1.97. The number of hydrogen-bond donors (Lipinski definition) is 1. The molecule has 3 rings (SSSR count). The van der Waals surface area contributed by atoms with Crippen LogP contribution in [-0.2, 0) is 13.1 Å². The number of thiophene rings is 1. The fraction of sp³-hybridized carbons (Fsp3) is 0.267. The number of benzene rings is 1. The van der Waals surface area contributed by atoms with E-state index < -0.39 is 0 Å². The van der Waals surface area contributed by atoms with Crippen LogP contribution < -0.4 is 10.5 Å². The third kappa shape index (κ3) is 2.09. The van der Waals surface area contributed by atoms with E-state index >= 15 is 0 Å². The predicted octanol–water partition coefficient (Wildman–Crippen LogP) is 3.25. The van der Waals surface area contributed by atoms with Gasteiger partial charge in [-0.3, -0.25) is 0 Å². The van der Waals surface area contributed by atoms with E-state index in [9.17, 15) is 0 Å². The molecule has 0 aliphatic heterocycles. The Labute approximate surface area is 121 Å². The zero-order valence-corrected chi connectivity index (χ0v) is 12.4. The molecule has 104 valence electrons. The van der Waals surface area contributed by atoms with Crippen LogP contribution in [0.3, 0.4) is 0 Å². The molecule has 2 N–H and O–H groups in total. The van der Waals surface area contributed by atoms with E-state index in [1.807, 2.05) is 11.4 Å². The van der Waals surface area contributed by atoms with Gasteiger partial charge in [-0.25, -0.2) is 4.98 Å². The molecule has 0 spiro atoms. The van der Waals surface area contributed by atoms with E-state index in [1.54, 1.807) is 18.4 Å². The Morgan fingerprint density at radius 2 is 2.20 bits per heavy atom. The minimum absolute atomic E-state index is 0.539. The zero-order chi connectivity index (χ0) is 14.1. The van der Waals surface area contributed by atoms with Crippen molar-refractivity contribution in [3.63, 3.8) is 0 Å². The topological polar surface area (TPSA) is 53.1 Å². The summed E-state index contributed by atoms with van der Waals surface area (Å²) in [5, 5.41) is 2.00. The van der Waals surface area contributed by atoms with Crippen LogP contribution in [0.25, 0.3) is 21.7 Å². The number of ether oxygens (including phenoxy) is 1. The number of rotatable bonds is 4. The highest BCUT2D eigenvalue weighted by Crippen LogP contribution is 2.32. The first kappa shape index (κ1) is 13.1. The largest absolute Gasteiger partial charge is 0.496 e. The van der Waals surface area contributed by atoms with Gasteiger partial charge in [-0.15, -0.1) is 11.3 Å². The highest BCUT2D eigenvalue weighted by Gasteiger charge is 2.14. The summed E-state index contributed by atoms with van der Waals surface area (Å²) in [5.74, 6) is 1.87. The van der Waals surface area contributed by atoms with E-state index in [0.717, 1.165) is 39.6 Å². The molecule has 2 heterocycles. The Hall–Kier alpha value is -1.85. The molecule has 0 fully saturated rings. The van der Waals surface area contributed by atoms with Crippen LogP contribution in [-0.4, -0.2) is 16.7 Å². The van der Waals surface area contributed by atoms with Crippen LogP contribution in [0.5, 0.6) is 5.75 Å². The molecule has 20 heavy (non-hydrogen) atoms. The minimum atomic E-state index is 0.539. The Bertz CT molecular complexity index is 745. The van der Waals surface area contributed by atoms with Crippen LogP contribution in [0.1, 0.15) is 12.5 Å². The fourth-order valence-electron chi connectivity index (χ4n) is 2.35. The first-order chi connectivity index (χ1) is 9.76. The molecule has 0 atom stereocenters. The normalized spacial score (nSPS) is 11.2. The van der Waals surface area contributed by atoms with Gasteiger partial charge in [0.25, 0.3) is 0 Å². The molecule has 5 heteroatoms. The van der Waals surface area contributed by atoms with Gasteiger partial charge in [0.15, 0.2) is 5.82 Å². The summed E-state index contributed by atoms with van der Waals surface area (Å²) in [4.78, 5) is 5.89. The average molecular weight is 287 g/mol. The summed E-state index contributed by atoms with van der Waals surface area (Å²) < 4.78 is 7.48. The lowest BCUT2D eigenvalue weighted by Gasteiger charge is -2.04. The molecule has 0 saturated carbocycles. The van der Waals surface area contributed by atoms with Gasteiger partial charge >= 0.3 is 0 Å². The van der Waals surface area contributed by atoms with Crippen LogP contribution in [0, 0.1) is 0 Å². The SMILES string of the molecule is CCn1c(-c2cc(OC)cs2)nc2cc(CN)ccc21. The van der Waals surface area contributed by atoms with Crippen LogP contribution in [0.2, 0.25) is 0 Å². The lowest BCUT2D eigenvalue weighted by molar-refractivity contribution is 0.417. The number of fused-ring (bicyclic) bond motifs is 1. The van der Waals surface area contributed by atoms with Gasteiger partial charge in [-0.1, -0.05) is 6.07 Å². The standard InChI is InChI=1S/C15H17N3OS/c1-3-18-13-5-4-10(8-16)6-12(13)17-15(18)14-7-11(19-2)9-20-14/h4-7,9H,3,8,16H2,1-2H3. The summed E-state index contributed by atoms with van der Waals surface area (Å²) >= 11 is 1.65. The van der Waals surface area contributed by atoms with Crippen molar-refractivity contribution < 1.29 is 4.74 Å². The molecule has 0 aliphatic carbocycles. The number of nitrogens with zero attached hydrogens (tertiary/aromatic N) is 2. The quantitative estimate of drug-likeness (QED) is 0.801. The van der Waals surface area contributed by atoms with E-state index in [4.69, 9.17) is 15.5 Å². The lowest BCUT2D eigenvalue weighted by atomic mass is 10.2. The first-order valence-corrected chi connectivity index (χ1v) is 7.47.